The van der Waals surface area contributed by atoms with Gasteiger partial charge in [0.05, 0.1) is 9.92 Å². The molecule has 0 amide bonds. The fourth-order valence-corrected chi connectivity index (χ4v) is 3.81. The highest BCUT2D eigenvalue weighted by molar-refractivity contribution is 7.90. The third kappa shape index (κ3) is 2.32. The van der Waals surface area contributed by atoms with Gasteiger partial charge in [-0.3, -0.25) is 0 Å². The van der Waals surface area contributed by atoms with Gasteiger partial charge in [-0.1, -0.05) is 36.7 Å². The van der Waals surface area contributed by atoms with E-state index in [0.29, 0.717) is 17.1 Å². The van der Waals surface area contributed by atoms with Crippen molar-refractivity contribution < 1.29 is 8.42 Å². The van der Waals surface area contributed by atoms with Gasteiger partial charge in [-0.15, -0.1) is 0 Å². The number of rotatable bonds is 3. The quantitative estimate of drug-likeness (QED) is 0.742. The molecule has 0 atom stereocenters. The SMILES string of the molecule is CCc1cn(S(=O)(=O)c2ccccc2)c2ncc(Cl)cc12. The first-order valence-electron chi connectivity index (χ1n) is 6.50. The molecule has 108 valence electrons. The average molecular weight is 321 g/mol. The molecular weight excluding hydrogens is 308 g/mol. The third-order valence-electron chi connectivity index (χ3n) is 3.34. The van der Waals surface area contributed by atoms with Crippen molar-refractivity contribution in [3.05, 3.63) is 59.4 Å². The highest BCUT2D eigenvalue weighted by atomic mass is 35.5. The van der Waals surface area contributed by atoms with Crippen LogP contribution in [0.1, 0.15) is 12.5 Å². The Labute approximate surface area is 128 Å². The second-order valence-electron chi connectivity index (χ2n) is 4.65. The summed E-state index contributed by atoms with van der Waals surface area (Å²) in [5, 5.41) is 1.26. The number of hydrogen-bond acceptors (Lipinski definition) is 3. The van der Waals surface area contributed by atoms with Crippen LogP contribution in [0.15, 0.2) is 53.7 Å². The Bertz CT molecular complexity index is 902. The Morgan fingerprint density at radius 3 is 2.62 bits per heavy atom. The minimum Gasteiger partial charge on any atom is -0.236 e. The normalized spacial score (nSPS) is 11.9. The molecule has 3 rings (SSSR count). The molecule has 1 aromatic carbocycles. The summed E-state index contributed by atoms with van der Waals surface area (Å²) >= 11 is 5.97. The number of aromatic nitrogens is 2. The Balaban J connectivity index is 2.31. The van der Waals surface area contributed by atoms with E-state index >= 15 is 0 Å². The number of benzene rings is 1. The maximum atomic E-state index is 12.8. The van der Waals surface area contributed by atoms with Crippen molar-refractivity contribution in [1.29, 1.82) is 0 Å². The smallest absolute Gasteiger partial charge is 0.236 e. The van der Waals surface area contributed by atoms with Crippen molar-refractivity contribution in [2.24, 2.45) is 0 Å². The van der Waals surface area contributed by atoms with Crippen LogP contribution in [0.5, 0.6) is 0 Å². The van der Waals surface area contributed by atoms with Crippen LogP contribution >= 0.6 is 11.6 Å². The fraction of sp³-hybridized carbons (Fsp3) is 0.133. The Kier molecular flexibility index (Phi) is 3.47. The molecule has 0 aliphatic rings. The predicted octanol–water partition coefficient (Wildman–Crippen LogP) is 3.49. The van der Waals surface area contributed by atoms with E-state index in [2.05, 4.69) is 4.98 Å². The van der Waals surface area contributed by atoms with Crippen molar-refractivity contribution in [3.8, 4) is 0 Å². The maximum Gasteiger partial charge on any atom is 0.269 e. The maximum absolute atomic E-state index is 12.8. The second-order valence-corrected chi connectivity index (χ2v) is 6.90. The largest absolute Gasteiger partial charge is 0.269 e. The molecule has 0 spiro atoms. The number of nitrogens with zero attached hydrogens (tertiary/aromatic N) is 2. The molecule has 0 aliphatic heterocycles. The summed E-state index contributed by atoms with van der Waals surface area (Å²) in [6.45, 7) is 1.97. The van der Waals surface area contributed by atoms with Crippen LogP contribution in [0.3, 0.4) is 0 Å². The van der Waals surface area contributed by atoms with Gasteiger partial charge in [0.15, 0.2) is 5.65 Å². The summed E-state index contributed by atoms with van der Waals surface area (Å²) in [7, 11) is -3.66. The first-order valence-corrected chi connectivity index (χ1v) is 8.32. The molecule has 0 bridgehead atoms. The summed E-state index contributed by atoms with van der Waals surface area (Å²) in [4.78, 5) is 4.43. The van der Waals surface area contributed by atoms with Gasteiger partial charge in [-0.25, -0.2) is 17.4 Å². The lowest BCUT2D eigenvalue weighted by atomic mass is 10.2. The molecule has 0 fully saturated rings. The van der Waals surface area contributed by atoms with Crippen LogP contribution in [0.2, 0.25) is 5.02 Å². The molecule has 3 aromatic rings. The van der Waals surface area contributed by atoms with E-state index in [9.17, 15) is 8.42 Å². The second kappa shape index (κ2) is 5.16. The van der Waals surface area contributed by atoms with Crippen molar-refractivity contribution in [1.82, 2.24) is 8.96 Å². The van der Waals surface area contributed by atoms with E-state index in [4.69, 9.17) is 11.6 Å². The van der Waals surface area contributed by atoms with Crippen LogP contribution in [0, 0.1) is 0 Å². The monoisotopic (exact) mass is 320 g/mol. The van der Waals surface area contributed by atoms with Gasteiger partial charge >= 0.3 is 0 Å². The first-order chi connectivity index (χ1) is 10.0. The van der Waals surface area contributed by atoms with Crippen molar-refractivity contribution in [2.75, 3.05) is 0 Å². The molecule has 21 heavy (non-hydrogen) atoms. The summed E-state index contributed by atoms with van der Waals surface area (Å²) in [5.41, 5.74) is 1.31. The molecule has 2 heterocycles. The van der Waals surface area contributed by atoms with Crippen LogP contribution < -0.4 is 0 Å². The predicted molar refractivity (Wildman–Crippen MR) is 83.1 cm³/mol. The molecule has 0 aliphatic carbocycles. The first kappa shape index (κ1) is 14.1. The summed E-state index contributed by atoms with van der Waals surface area (Å²) < 4.78 is 26.7. The molecular formula is C15H13ClN2O2S. The molecule has 0 saturated carbocycles. The molecule has 0 radical (unpaired) electrons. The van der Waals surface area contributed by atoms with E-state index in [1.807, 2.05) is 6.92 Å². The van der Waals surface area contributed by atoms with E-state index < -0.39 is 10.0 Å². The number of fused-ring (bicyclic) bond motifs is 1. The van der Waals surface area contributed by atoms with E-state index in [0.717, 1.165) is 10.9 Å². The minimum absolute atomic E-state index is 0.237. The molecule has 0 saturated heterocycles. The van der Waals surface area contributed by atoms with Crippen LogP contribution in [-0.2, 0) is 16.4 Å². The van der Waals surface area contributed by atoms with Gasteiger partial charge in [0, 0.05) is 17.8 Å². The lowest BCUT2D eigenvalue weighted by molar-refractivity contribution is 0.588. The number of pyridine rings is 1. The van der Waals surface area contributed by atoms with Crippen molar-refractivity contribution in [3.63, 3.8) is 0 Å². The van der Waals surface area contributed by atoms with Gasteiger partial charge in [-0.2, -0.15) is 0 Å². The number of halogens is 1. The highest BCUT2D eigenvalue weighted by Crippen LogP contribution is 2.26. The van der Waals surface area contributed by atoms with Gasteiger partial charge in [0.25, 0.3) is 10.0 Å². The summed E-state index contributed by atoms with van der Waals surface area (Å²) in [6.07, 6.45) is 3.78. The number of aryl methyl sites for hydroxylation is 1. The van der Waals surface area contributed by atoms with Crippen molar-refractivity contribution >= 4 is 32.7 Å². The van der Waals surface area contributed by atoms with Crippen LogP contribution in [-0.4, -0.2) is 17.4 Å². The zero-order chi connectivity index (χ0) is 15.0. The molecule has 4 nitrogen and oxygen atoms in total. The lowest BCUT2D eigenvalue weighted by Gasteiger charge is -2.06. The fourth-order valence-electron chi connectivity index (χ4n) is 2.29. The Morgan fingerprint density at radius 2 is 1.95 bits per heavy atom. The van der Waals surface area contributed by atoms with Crippen LogP contribution in [0.4, 0.5) is 0 Å². The Hall–Kier alpha value is -1.85. The lowest BCUT2D eigenvalue weighted by Crippen LogP contribution is -2.12. The Morgan fingerprint density at radius 1 is 1.24 bits per heavy atom. The molecule has 0 unspecified atom stereocenters. The summed E-state index contributed by atoms with van der Waals surface area (Å²) in [6, 6.07) is 10.1. The zero-order valence-corrected chi connectivity index (χ0v) is 12.9. The topological polar surface area (TPSA) is 52.0 Å². The third-order valence-corrected chi connectivity index (χ3v) is 5.21. The van der Waals surface area contributed by atoms with Gasteiger partial charge in [-0.05, 0) is 30.2 Å². The highest BCUT2D eigenvalue weighted by Gasteiger charge is 2.21. The molecule has 0 N–H and O–H groups in total. The van der Waals surface area contributed by atoms with Gasteiger partial charge in [0.2, 0.25) is 0 Å². The average Bonchev–Trinajstić information content (AvgIpc) is 2.86. The molecule has 6 heteroatoms. The van der Waals surface area contributed by atoms with E-state index in [1.54, 1.807) is 42.6 Å². The van der Waals surface area contributed by atoms with Gasteiger partial charge < -0.3 is 0 Å². The van der Waals surface area contributed by atoms with Gasteiger partial charge in [0.1, 0.15) is 0 Å². The van der Waals surface area contributed by atoms with Crippen molar-refractivity contribution in [2.45, 2.75) is 18.2 Å². The van der Waals surface area contributed by atoms with Crippen LogP contribution in [0.25, 0.3) is 11.0 Å². The van der Waals surface area contributed by atoms with E-state index in [1.165, 1.54) is 10.2 Å². The van der Waals surface area contributed by atoms with E-state index in [-0.39, 0.29) is 4.90 Å². The number of hydrogen-bond donors (Lipinski definition) is 0. The standard InChI is InChI=1S/C15H13ClN2O2S/c1-2-11-10-18(15-14(11)8-12(16)9-17-15)21(19,20)13-6-4-3-5-7-13/h3-10H,2H2,1H3. The summed E-state index contributed by atoms with van der Waals surface area (Å²) in [5.74, 6) is 0. The zero-order valence-electron chi connectivity index (χ0n) is 11.3. The molecule has 2 aromatic heterocycles. The minimum atomic E-state index is -3.66.